The Bertz CT molecular complexity index is 762. The molecule has 0 saturated carbocycles. The highest BCUT2D eigenvalue weighted by Crippen LogP contribution is 2.19. The van der Waals surface area contributed by atoms with Gasteiger partial charge >= 0.3 is 0 Å². The smallest absolute Gasteiger partial charge is 0.253 e. The van der Waals surface area contributed by atoms with Crippen LogP contribution in [0, 0.1) is 0 Å². The molecular weight excluding hydrogens is 262 g/mol. The van der Waals surface area contributed by atoms with Crippen molar-refractivity contribution in [2.45, 2.75) is 20.0 Å². The summed E-state index contributed by atoms with van der Waals surface area (Å²) >= 11 is 0. The van der Waals surface area contributed by atoms with E-state index in [9.17, 15) is 4.79 Å². The van der Waals surface area contributed by atoms with Gasteiger partial charge in [0.05, 0.1) is 5.56 Å². The Labute approximate surface area is 123 Å². The first-order valence-corrected chi connectivity index (χ1v) is 7.05. The number of rotatable bonds is 4. The number of hydrogen-bond acceptors (Lipinski definition) is 2. The van der Waals surface area contributed by atoms with Crippen molar-refractivity contribution in [1.82, 2.24) is 14.9 Å². The zero-order valence-corrected chi connectivity index (χ0v) is 11.9. The SMILES string of the molecule is CCn1cc(C(=O)NCc2ccccc2)c2cccnc21. The predicted octanol–water partition coefficient (Wildman–Crippen LogP) is 2.99. The molecule has 21 heavy (non-hydrogen) atoms. The third kappa shape index (κ3) is 2.65. The van der Waals surface area contributed by atoms with Crippen LogP contribution in [0.15, 0.2) is 54.9 Å². The summed E-state index contributed by atoms with van der Waals surface area (Å²) < 4.78 is 1.99. The van der Waals surface area contributed by atoms with Crippen LogP contribution >= 0.6 is 0 Å². The Morgan fingerprint density at radius 1 is 1.19 bits per heavy atom. The van der Waals surface area contributed by atoms with E-state index in [2.05, 4.69) is 10.3 Å². The first-order valence-electron chi connectivity index (χ1n) is 7.05. The molecule has 2 heterocycles. The number of carbonyl (C=O) groups is 1. The Hall–Kier alpha value is -2.62. The molecule has 1 amide bonds. The van der Waals surface area contributed by atoms with E-state index in [0.29, 0.717) is 12.1 Å². The molecule has 0 aliphatic carbocycles. The zero-order valence-electron chi connectivity index (χ0n) is 11.9. The lowest BCUT2D eigenvalue weighted by Gasteiger charge is -2.04. The standard InChI is InChI=1S/C17H17N3O/c1-2-20-12-15(14-9-6-10-18-16(14)20)17(21)19-11-13-7-4-3-5-8-13/h3-10,12H,2,11H2,1H3,(H,19,21). The van der Waals surface area contributed by atoms with Gasteiger partial charge in [-0.2, -0.15) is 0 Å². The molecule has 4 heteroatoms. The summed E-state index contributed by atoms with van der Waals surface area (Å²) in [5.74, 6) is -0.0657. The average Bonchev–Trinajstić information content (AvgIpc) is 2.92. The van der Waals surface area contributed by atoms with Crippen LogP contribution in [-0.2, 0) is 13.1 Å². The lowest BCUT2D eigenvalue weighted by atomic mass is 10.2. The third-order valence-corrected chi connectivity index (χ3v) is 3.52. The number of pyridine rings is 1. The van der Waals surface area contributed by atoms with Crippen LogP contribution in [0.1, 0.15) is 22.8 Å². The minimum absolute atomic E-state index is 0.0657. The van der Waals surface area contributed by atoms with Gasteiger partial charge in [-0.1, -0.05) is 30.3 Å². The van der Waals surface area contributed by atoms with Gasteiger partial charge in [-0.05, 0) is 24.6 Å². The van der Waals surface area contributed by atoms with Crippen molar-refractivity contribution in [1.29, 1.82) is 0 Å². The molecular formula is C17H17N3O. The van der Waals surface area contributed by atoms with Gasteiger partial charge in [0, 0.05) is 30.9 Å². The van der Waals surface area contributed by atoms with Gasteiger partial charge in [0.2, 0.25) is 0 Å². The molecule has 0 atom stereocenters. The zero-order chi connectivity index (χ0) is 14.7. The van der Waals surface area contributed by atoms with Gasteiger partial charge in [0.25, 0.3) is 5.91 Å². The molecule has 3 aromatic rings. The molecule has 0 aliphatic rings. The van der Waals surface area contributed by atoms with Crippen LogP contribution in [0.4, 0.5) is 0 Å². The summed E-state index contributed by atoms with van der Waals surface area (Å²) in [5.41, 5.74) is 2.61. The highest BCUT2D eigenvalue weighted by molar-refractivity contribution is 6.06. The van der Waals surface area contributed by atoms with Crippen molar-refractivity contribution in [2.75, 3.05) is 0 Å². The molecule has 0 bridgehead atoms. The lowest BCUT2D eigenvalue weighted by molar-refractivity contribution is 0.0952. The average molecular weight is 279 g/mol. The highest BCUT2D eigenvalue weighted by atomic mass is 16.1. The minimum atomic E-state index is -0.0657. The lowest BCUT2D eigenvalue weighted by Crippen LogP contribution is -2.22. The number of carbonyl (C=O) groups excluding carboxylic acids is 1. The van der Waals surface area contributed by atoms with E-state index in [4.69, 9.17) is 0 Å². The maximum Gasteiger partial charge on any atom is 0.253 e. The Morgan fingerprint density at radius 2 is 2.00 bits per heavy atom. The number of hydrogen-bond donors (Lipinski definition) is 1. The normalized spacial score (nSPS) is 10.7. The molecule has 1 aromatic carbocycles. The number of amides is 1. The van der Waals surface area contributed by atoms with E-state index in [0.717, 1.165) is 23.1 Å². The van der Waals surface area contributed by atoms with E-state index in [-0.39, 0.29) is 5.91 Å². The quantitative estimate of drug-likeness (QED) is 0.798. The van der Waals surface area contributed by atoms with E-state index >= 15 is 0 Å². The Balaban J connectivity index is 1.85. The second-order valence-electron chi connectivity index (χ2n) is 4.87. The summed E-state index contributed by atoms with van der Waals surface area (Å²) in [7, 11) is 0. The highest BCUT2D eigenvalue weighted by Gasteiger charge is 2.14. The maximum atomic E-state index is 12.4. The predicted molar refractivity (Wildman–Crippen MR) is 83.0 cm³/mol. The fourth-order valence-electron chi connectivity index (χ4n) is 2.42. The van der Waals surface area contributed by atoms with Crippen molar-refractivity contribution in [3.05, 3.63) is 66.0 Å². The summed E-state index contributed by atoms with van der Waals surface area (Å²) in [6.45, 7) is 3.36. The third-order valence-electron chi connectivity index (χ3n) is 3.52. The summed E-state index contributed by atoms with van der Waals surface area (Å²) in [6, 6.07) is 13.7. The van der Waals surface area contributed by atoms with E-state index in [1.807, 2.05) is 60.2 Å². The molecule has 106 valence electrons. The molecule has 0 fully saturated rings. The van der Waals surface area contributed by atoms with E-state index in [1.54, 1.807) is 6.20 Å². The fourth-order valence-corrected chi connectivity index (χ4v) is 2.42. The molecule has 3 rings (SSSR count). The number of benzene rings is 1. The number of fused-ring (bicyclic) bond motifs is 1. The van der Waals surface area contributed by atoms with Crippen LogP contribution in [0.25, 0.3) is 11.0 Å². The van der Waals surface area contributed by atoms with Crippen molar-refractivity contribution >= 4 is 16.9 Å². The van der Waals surface area contributed by atoms with Gasteiger partial charge < -0.3 is 9.88 Å². The van der Waals surface area contributed by atoms with E-state index < -0.39 is 0 Å². The van der Waals surface area contributed by atoms with Crippen molar-refractivity contribution in [2.24, 2.45) is 0 Å². The first-order chi connectivity index (χ1) is 10.3. The summed E-state index contributed by atoms with van der Waals surface area (Å²) in [5, 5.41) is 3.86. The van der Waals surface area contributed by atoms with E-state index in [1.165, 1.54) is 0 Å². The molecule has 0 aliphatic heterocycles. The van der Waals surface area contributed by atoms with Gasteiger partial charge in [0.15, 0.2) is 0 Å². The summed E-state index contributed by atoms with van der Waals surface area (Å²) in [4.78, 5) is 16.8. The molecule has 2 aromatic heterocycles. The monoisotopic (exact) mass is 279 g/mol. The summed E-state index contributed by atoms with van der Waals surface area (Å²) in [6.07, 6.45) is 3.62. The van der Waals surface area contributed by atoms with Crippen LogP contribution < -0.4 is 5.32 Å². The van der Waals surface area contributed by atoms with Gasteiger partial charge in [-0.3, -0.25) is 4.79 Å². The largest absolute Gasteiger partial charge is 0.348 e. The molecule has 4 nitrogen and oxygen atoms in total. The van der Waals surface area contributed by atoms with Gasteiger partial charge in [-0.15, -0.1) is 0 Å². The minimum Gasteiger partial charge on any atom is -0.348 e. The van der Waals surface area contributed by atoms with Gasteiger partial charge in [0.1, 0.15) is 5.65 Å². The maximum absolute atomic E-state index is 12.4. The number of nitrogens with zero attached hydrogens (tertiary/aromatic N) is 2. The second-order valence-corrected chi connectivity index (χ2v) is 4.87. The fraction of sp³-hybridized carbons (Fsp3) is 0.176. The van der Waals surface area contributed by atoms with Crippen LogP contribution in [0.3, 0.4) is 0 Å². The number of aryl methyl sites for hydroxylation is 1. The topological polar surface area (TPSA) is 46.9 Å². The molecule has 1 N–H and O–H groups in total. The van der Waals surface area contributed by atoms with Crippen molar-refractivity contribution in [3.63, 3.8) is 0 Å². The van der Waals surface area contributed by atoms with Crippen molar-refractivity contribution in [3.8, 4) is 0 Å². The van der Waals surface area contributed by atoms with Gasteiger partial charge in [-0.25, -0.2) is 4.98 Å². The van der Waals surface area contributed by atoms with Crippen LogP contribution in [-0.4, -0.2) is 15.5 Å². The molecule has 0 radical (unpaired) electrons. The molecule has 0 unspecified atom stereocenters. The first kappa shape index (κ1) is 13.4. The Morgan fingerprint density at radius 3 is 2.76 bits per heavy atom. The van der Waals surface area contributed by atoms with Crippen molar-refractivity contribution < 1.29 is 4.79 Å². The second kappa shape index (κ2) is 5.79. The van der Waals surface area contributed by atoms with Crippen LogP contribution in [0.5, 0.6) is 0 Å². The number of aromatic nitrogens is 2. The van der Waals surface area contributed by atoms with Crippen LogP contribution in [0.2, 0.25) is 0 Å². The Kier molecular flexibility index (Phi) is 3.69. The number of nitrogens with one attached hydrogen (secondary N) is 1. The molecule has 0 saturated heterocycles. The molecule has 0 spiro atoms.